The van der Waals surface area contributed by atoms with Gasteiger partial charge in [0.05, 0.1) is 12.3 Å². The molecule has 1 heterocycles. The lowest BCUT2D eigenvalue weighted by atomic mass is 10.1. The number of carbonyl (C=O) groups is 2. The highest BCUT2D eigenvalue weighted by Crippen LogP contribution is 2.29. The number of nitrogens with one attached hydrogen (secondary N) is 1. The van der Waals surface area contributed by atoms with Gasteiger partial charge >= 0.3 is 5.97 Å². The van der Waals surface area contributed by atoms with E-state index >= 15 is 0 Å². The fraction of sp³-hybridized carbons (Fsp3) is 0.107. The molecule has 0 aliphatic carbocycles. The van der Waals surface area contributed by atoms with Gasteiger partial charge in [-0.1, -0.05) is 60.7 Å². The molecule has 1 atom stereocenters. The molecule has 7 heteroatoms. The maximum Gasteiger partial charge on any atom is 0.344 e. The van der Waals surface area contributed by atoms with Gasteiger partial charge in [-0.3, -0.25) is 4.79 Å². The molecule has 0 fully saturated rings. The van der Waals surface area contributed by atoms with Crippen LogP contribution in [-0.2, 0) is 9.53 Å². The van der Waals surface area contributed by atoms with Gasteiger partial charge in [0.1, 0.15) is 17.1 Å². The molecule has 0 saturated carbocycles. The number of carbonyl (C=O) groups excluding carboxylic acids is 2. The quantitative estimate of drug-likeness (QED) is 0.312. The zero-order valence-electron chi connectivity index (χ0n) is 19.1. The molecule has 0 spiro atoms. The molecule has 0 aliphatic heterocycles. The van der Waals surface area contributed by atoms with Crippen LogP contribution in [-0.4, -0.2) is 23.5 Å². The van der Waals surface area contributed by atoms with Crippen LogP contribution in [0, 0.1) is 0 Å². The molecule has 3 aromatic carbocycles. The number of rotatable bonds is 9. The average Bonchev–Trinajstić information content (AvgIpc) is 2.90. The summed E-state index contributed by atoms with van der Waals surface area (Å²) < 4.78 is 17.1. The highest BCUT2D eigenvalue weighted by Gasteiger charge is 2.28. The third-order valence-electron chi connectivity index (χ3n) is 4.96. The van der Waals surface area contributed by atoms with Gasteiger partial charge in [0.15, 0.2) is 0 Å². The lowest BCUT2D eigenvalue weighted by Gasteiger charge is -2.19. The van der Waals surface area contributed by atoms with Gasteiger partial charge < -0.3 is 19.5 Å². The first-order valence-electron chi connectivity index (χ1n) is 11.1. The summed E-state index contributed by atoms with van der Waals surface area (Å²) in [5.41, 5.74) is 1.09. The molecule has 1 amide bonds. The van der Waals surface area contributed by atoms with Crippen molar-refractivity contribution in [3.63, 3.8) is 0 Å². The minimum atomic E-state index is -1.22. The standard InChI is InChI=1S/C28H24N2O5/c1-2-33-24-18-10-9-17-23(24)30-26(31)25(20-12-5-3-6-13-20)35-28(32)22-16-11-19-29-27(22)34-21-14-7-4-8-15-21/h3-19,25H,2H2,1H3,(H,30,31). The van der Waals surface area contributed by atoms with E-state index in [1.165, 1.54) is 12.3 Å². The molecular formula is C28H24N2O5. The molecule has 1 unspecified atom stereocenters. The fourth-order valence-corrected chi connectivity index (χ4v) is 3.35. The summed E-state index contributed by atoms with van der Waals surface area (Å²) >= 11 is 0. The number of nitrogens with zero attached hydrogens (tertiary/aromatic N) is 1. The van der Waals surface area contributed by atoms with Gasteiger partial charge in [-0.05, 0) is 43.3 Å². The van der Waals surface area contributed by atoms with Crippen molar-refractivity contribution in [3.8, 4) is 17.4 Å². The Bertz CT molecular complexity index is 1280. The Balaban J connectivity index is 1.60. The maximum absolute atomic E-state index is 13.3. The van der Waals surface area contributed by atoms with Crippen LogP contribution in [0.3, 0.4) is 0 Å². The van der Waals surface area contributed by atoms with Crippen LogP contribution in [0.2, 0.25) is 0 Å². The summed E-state index contributed by atoms with van der Waals surface area (Å²) in [7, 11) is 0. The van der Waals surface area contributed by atoms with Crippen molar-refractivity contribution >= 4 is 17.6 Å². The van der Waals surface area contributed by atoms with Gasteiger partial charge in [-0.25, -0.2) is 9.78 Å². The Hall–Kier alpha value is -4.65. The Morgan fingerprint density at radius 3 is 2.29 bits per heavy atom. The minimum absolute atomic E-state index is 0.0811. The van der Waals surface area contributed by atoms with Crippen LogP contribution in [0.5, 0.6) is 17.4 Å². The van der Waals surface area contributed by atoms with Crippen LogP contribution in [0.15, 0.2) is 103 Å². The third kappa shape index (κ3) is 6.03. The second-order valence-electron chi connectivity index (χ2n) is 7.39. The molecular weight excluding hydrogens is 444 g/mol. The van der Waals surface area contributed by atoms with E-state index in [4.69, 9.17) is 14.2 Å². The first-order valence-corrected chi connectivity index (χ1v) is 11.1. The number of pyridine rings is 1. The van der Waals surface area contributed by atoms with E-state index in [2.05, 4.69) is 10.3 Å². The van der Waals surface area contributed by atoms with Crippen molar-refractivity contribution in [2.75, 3.05) is 11.9 Å². The van der Waals surface area contributed by atoms with Crippen molar-refractivity contribution in [2.45, 2.75) is 13.0 Å². The summed E-state index contributed by atoms with van der Waals surface area (Å²) in [6, 6.07) is 28.0. The zero-order valence-corrected chi connectivity index (χ0v) is 19.1. The fourth-order valence-electron chi connectivity index (χ4n) is 3.35. The minimum Gasteiger partial charge on any atom is -0.492 e. The molecule has 4 rings (SSSR count). The number of amides is 1. The predicted octanol–water partition coefficient (Wildman–Crippen LogP) is 5.81. The zero-order chi connectivity index (χ0) is 24.5. The van der Waals surface area contributed by atoms with Gasteiger partial charge in [0.2, 0.25) is 12.0 Å². The number of hydrogen-bond donors (Lipinski definition) is 1. The van der Waals surface area contributed by atoms with Crippen molar-refractivity contribution < 1.29 is 23.8 Å². The molecule has 35 heavy (non-hydrogen) atoms. The summed E-state index contributed by atoms with van der Waals surface area (Å²) in [4.78, 5) is 30.7. The third-order valence-corrected chi connectivity index (χ3v) is 4.96. The van der Waals surface area contributed by atoms with Crippen LogP contribution in [0.4, 0.5) is 5.69 Å². The average molecular weight is 469 g/mol. The smallest absolute Gasteiger partial charge is 0.344 e. The van der Waals surface area contributed by atoms with Crippen molar-refractivity contribution in [1.29, 1.82) is 0 Å². The molecule has 176 valence electrons. The molecule has 0 radical (unpaired) electrons. The number of hydrogen-bond acceptors (Lipinski definition) is 6. The van der Waals surface area contributed by atoms with Gasteiger partial charge in [-0.15, -0.1) is 0 Å². The first-order chi connectivity index (χ1) is 17.2. The summed E-state index contributed by atoms with van der Waals surface area (Å²) in [6.45, 7) is 2.30. The molecule has 1 N–H and O–H groups in total. The summed E-state index contributed by atoms with van der Waals surface area (Å²) in [5, 5.41) is 2.82. The Morgan fingerprint density at radius 1 is 0.857 bits per heavy atom. The number of benzene rings is 3. The van der Waals surface area contributed by atoms with Crippen LogP contribution < -0.4 is 14.8 Å². The number of anilines is 1. The topological polar surface area (TPSA) is 86.8 Å². The van der Waals surface area contributed by atoms with Crippen LogP contribution >= 0.6 is 0 Å². The van der Waals surface area contributed by atoms with Crippen molar-refractivity contribution in [1.82, 2.24) is 4.98 Å². The second kappa shape index (κ2) is 11.5. The van der Waals surface area contributed by atoms with E-state index in [9.17, 15) is 9.59 Å². The van der Waals surface area contributed by atoms with E-state index in [0.29, 0.717) is 29.4 Å². The summed E-state index contributed by atoms with van der Waals surface area (Å²) in [5.74, 6) is -0.146. The SMILES string of the molecule is CCOc1ccccc1NC(=O)C(OC(=O)c1cccnc1Oc1ccccc1)c1ccccc1. The van der Waals surface area contributed by atoms with E-state index < -0.39 is 18.0 Å². The second-order valence-corrected chi connectivity index (χ2v) is 7.39. The molecule has 7 nitrogen and oxygen atoms in total. The van der Waals surface area contributed by atoms with E-state index in [1.807, 2.05) is 37.3 Å². The van der Waals surface area contributed by atoms with E-state index in [1.54, 1.807) is 60.7 Å². The van der Waals surface area contributed by atoms with E-state index in [-0.39, 0.29) is 11.4 Å². The number of ether oxygens (including phenoxy) is 3. The van der Waals surface area contributed by atoms with Crippen LogP contribution in [0.1, 0.15) is 28.9 Å². The van der Waals surface area contributed by atoms with Gasteiger partial charge in [0.25, 0.3) is 5.91 Å². The molecule has 0 bridgehead atoms. The lowest BCUT2D eigenvalue weighted by molar-refractivity contribution is -0.125. The number of esters is 1. The summed E-state index contributed by atoms with van der Waals surface area (Å²) in [6.07, 6.45) is 0.296. The molecule has 0 saturated heterocycles. The highest BCUT2D eigenvalue weighted by atomic mass is 16.6. The number of aromatic nitrogens is 1. The predicted molar refractivity (Wildman–Crippen MR) is 132 cm³/mol. The van der Waals surface area contributed by atoms with Gasteiger partial charge in [-0.2, -0.15) is 0 Å². The van der Waals surface area contributed by atoms with Crippen LogP contribution in [0.25, 0.3) is 0 Å². The normalized spacial score (nSPS) is 11.2. The maximum atomic E-state index is 13.3. The Labute approximate surface area is 203 Å². The van der Waals surface area contributed by atoms with Crippen molar-refractivity contribution in [3.05, 3.63) is 114 Å². The molecule has 1 aromatic heterocycles. The highest BCUT2D eigenvalue weighted by molar-refractivity contribution is 5.99. The van der Waals surface area contributed by atoms with E-state index in [0.717, 1.165) is 0 Å². The number of para-hydroxylation sites is 3. The Kier molecular flexibility index (Phi) is 7.70. The first kappa shape index (κ1) is 23.5. The molecule has 0 aliphatic rings. The molecule has 4 aromatic rings. The van der Waals surface area contributed by atoms with Gasteiger partial charge in [0, 0.05) is 11.8 Å². The Morgan fingerprint density at radius 2 is 1.54 bits per heavy atom. The lowest BCUT2D eigenvalue weighted by Crippen LogP contribution is -2.26. The largest absolute Gasteiger partial charge is 0.492 e. The monoisotopic (exact) mass is 468 g/mol. The van der Waals surface area contributed by atoms with Crippen molar-refractivity contribution in [2.24, 2.45) is 0 Å².